The minimum Gasteiger partial charge on any atom is -0.497 e. The molecule has 2 aromatic rings. The van der Waals surface area contributed by atoms with Crippen LogP contribution in [-0.2, 0) is 6.42 Å². The predicted octanol–water partition coefficient (Wildman–Crippen LogP) is 3.36. The SMILES string of the molecule is COc1ccc(NC(C)CN2CCN(CCc3ccccc3)CC2)cc1. The fourth-order valence-corrected chi connectivity index (χ4v) is 3.53. The van der Waals surface area contributed by atoms with Crippen molar-refractivity contribution in [2.24, 2.45) is 0 Å². The van der Waals surface area contributed by atoms with E-state index in [1.54, 1.807) is 7.11 Å². The van der Waals surface area contributed by atoms with Crippen LogP contribution in [0.4, 0.5) is 5.69 Å². The first-order chi connectivity index (χ1) is 12.7. The van der Waals surface area contributed by atoms with Gasteiger partial charge in [0.1, 0.15) is 5.75 Å². The minimum atomic E-state index is 0.430. The Morgan fingerprint density at radius 1 is 0.923 bits per heavy atom. The van der Waals surface area contributed by atoms with Crippen molar-refractivity contribution in [3.05, 3.63) is 60.2 Å². The van der Waals surface area contributed by atoms with E-state index in [4.69, 9.17) is 4.74 Å². The van der Waals surface area contributed by atoms with Crippen LogP contribution in [0.3, 0.4) is 0 Å². The maximum absolute atomic E-state index is 5.21. The lowest BCUT2D eigenvalue weighted by atomic mass is 10.1. The fourth-order valence-electron chi connectivity index (χ4n) is 3.53. The molecule has 1 heterocycles. The van der Waals surface area contributed by atoms with Crippen LogP contribution in [0.25, 0.3) is 0 Å². The van der Waals surface area contributed by atoms with Gasteiger partial charge < -0.3 is 15.0 Å². The van der Waals surface area contributed by atoms with Gasteiger partial charge in [0, 0.05) is 51.0 Å². The molecule has 0 aromatic heterocycles. The Bertz CT molecular complexity index is 636. The number of hydrogen-bond acceptors (Lipinski definition) is 4. The number of methoxy groups -OCH3 is 1. The van der Waals surface area contributed by atoms with Crippen molar-refractivity contribution in [2.45, 2.75) is 19.4 Å². The summed E-state index contributed by atoms with van der Waals surface area (Å²) in [6, 6.07) is 19.4. The van der Waals surface area contributed by atoms with E-state index in [1.807, 2.05) is 12.1 Å². The van der Waals surface area contributed by atoms with Crippen molar-refractivity contribution in [3.63, 3.8) is 0 Å². The lowest BCUT2D eigenvalue weighted by Gasteiger charge is -2.36. The number of anilines is 1. The Balaban J connectivity index is 1.36. The topological polar surface area (TPSA) is 27.7 Å². The molecule has 1 fully saturated rings. The zero-order valence-corrected chi connectivity index (χ0v) is 16.0. The number of ether oxygens (including phenoxy) is 1. The van der Waals surface area contributed by atoms with Gasteiger partial charge in [0.2, 0.25) is 0 Å². The molecule has 1 aliphatic rings. The highest BCUT2D eigenvalue weighted by Gasteiger charge is 2.18. The average molecular weight is 354 g/mol. The molecule has 0 bridgehead atoms. The second-order valence-electron chi connectivity index (χ2n) is 7.15. The molecule has 1 atom stereocenters. The molecule has 0 radical (unpaired) electrons. The summed E-state index contributed by atoms with van der Waals surface area (Å²) in [5, 5.41) is 3.59. The Labute approximate surface area is 157 Å². The number of hydrogen-bond donors (Lipinski definition) is 1. The van der Waals surface area contributed by atoms with Crippen LogP contribution in [0.15, 0.2) is 54.6 Å². The van der Waals surface area contributed by atoms with Crippen molar-refractivity contribution in [1.29, 1.82) is 0 Å². The van der Waals surface area contributed by atoms with Crippen molar-refractivity contribution in [2.75, 3.05) is 51.7 Å². The van der Waals surface area contributed by atoms with Crippen LogP contribution in [0.2, 0.25) is 0 Å². The van der Waals surface area contributed by atoms with Gasteiger partial charge in [-0.15, -0.1) is 0 Å². The molecular weight excluding hydrogens is 322 g/mol. The summed E-state index contributed by atoms with van der Waals surface area (Å²) in [5.41, 5.74) is 2.59. The number of benzene rings is 2. The molecule has 1 unspecified atom stereocenters. The Kier molecular flexibility index (Phi) is 6.92. The maximum Gasteiger partial charge on any atom is 0.119 e. The van der Waals surface area contributed by atoms with E-state index in [-0.39, 0.29) is 0 Å². The molecular formula is C22H31N3O. The van der Waals surface area contributed by atoms with Gasteiger partial charge in [-0.05, 0) is 43.2 Å². The molecule has 0 amide bonds. The van der Waals surface area contributed by atoms with E-state index in [0.29, 0.717) is 6.04 Å². The van der Waals surface area contributed by atoms with E-state index in [2.05, 4.69) is 64.5 Å². The molecule has 0 aliphatic carbocycles. The van der Waals surface area contributed by atoms with E-state index in [9.17, 15) is 0 Å². The second kappa shape index (κ2) is 9.60. The smallest absolute Gasteiger partial charge is 0.119 e. The van der Waals surface area contributed by atoms with Crippen LogP contribution in [0.1, 0.15) is 12.5 Å². The maximum atomic E-state index is 5.21. The molecule has 26 heavy (non-hydrogen) atoms. The quantitative estimate of drug-likeness (QED) is 0.788. The number of nitrogens with one attached hydrogen (secondary N) is 1. The van der Waals surface area contributed by atoms with Gasteiger partial charge in [-0.3, -0.25) is 4.90 Å². The van der Waals surface area contributed by atoms with Crippen molar-refractivity contribution < 1.29 is 4.74 Å². The lowest BCUT2D eigenvalue weighted by molar-refractivity contribution is 0.131. The molecule has 1 aliphatic heterocycles. The second-order valence-corrected chi connectivity index (χ2v) is 7.15. The normalized spacial score (nSPS) is 17.0. The fraction of sp³-hybridized carbons (Fsp3) is 0.455. The van der Waals surface area contributed by atoms with Gasteiger partial charge in [-0.2, -0.15) is 0 Å². The van der Waals surface area contributed by atoms with Crippen molar-refractivity contribution in [3.8, 4) is 5.75 Å². The summed E-state index contributed by atoms with van der Waals surface area (Å²) < 4.78 is 5.21. The highest BCUT2D eigenvalue weighted by Crippen LogP contribution is 2.16. The highest BCUT2D eigenvalue weighted by atomic mass is 16.5. The number of piperazine rings is 1. The third-order valence-electron chi connectivity index (χ3n) is 5.06. The van der Waals surface area contributed by atoms with Crippen LogP contribution in [0, 0.1) is 0 Å². The first-order valence-electron chi connectivity index (χ1n) is 9.62. The molecule has 140 valence electrons. The van der Waals surface area contributed by atoms with Crippen LogP contribution in [0.5, 0.6) is 5.75 Å². The van der Waals surface area contributed by atoms with Gasteiger partial charge in [0.25, 0.3) is 0 Å². The third-order valence-corrected chi connectivity index (χ3v) is 5.06. The molecule has 4 heteroatoms. The standard InChI is InChI=1S/C22H31N3O/c1-19(23-21-8-10-22(26-2)11-9-21)18-25-16-14-24(15-17-25)13-12-20-6-4-3-5-7-20/h3-11,19,23H,12-18H2,1-2H3. The summed E-state index contributed by atoms with van der Waals surface area (Å²) >= 11 is 0. The zero-order valence-electron chi connectivity index (χ0n) is 16.0. The summed E-state index contributed by atoms with van der Waals surface area (Å²) in [6.07, 6.45) is 1.15. The van der Waals surface area contributed by atoms with Gasteiger partial charge >= 0.3 is 0 Å². The number of rotatable bonds is 8. The largest absolute Gasteiger partial charge is 0.497 e. The molecule has 3 rings (SSSR count). The van der Waals surface area contributed by atoms with E-state index < -0.39 is 0 Å². The lowest BCUT2D eigenvalue weighted by Crippen LogP contribution is -2.49. The molecule has 1 N–H and O–H groups in total. The van der Waals surface area contributed by atoms with Gasteiger partial charge in [-0.25, -0.2) is 0 Å². The Morgan fingerprint density at radius 2 is 1.58 bits per heavy atom. The van der Waals surface area contributed by atoms with Crippen molar-refractivity contribution in [1.82, 2.24) is 9.80 Å². The number of nitrogens with zero attached hydrogens (tertiary/aromatic N) is 2. The molecule has 4 nitrogen and oxygen atoms in total. The predicted molar refractivity (Wildman–Crippen MR) is 109 cm³/mol. The average Bonchev–Trinajstić information content (AvgIpc) is 2.69. The molecule has 0 saturated carbocycles. The zero-order chi connectivity index (χ0) is 18.2. The van der Waals surface area contributed by atoms with Crippen molar-refractivity contribution >= 4 is 5.69 Å². The van der Waals surface area contributed by atoms with Gasteiger partial charge in [0.15, 0.2) is 0 Å². The van der Waals surface area contributed by atoms with E-state index >= 15 is 0 Å². The summed E-state index contributed by atoms with van der Waals surface area (Å²) in [5.74, 6) is 0.898. The minimum absolute atomic E-state index is 0.430. The van der Waals surface area contributed by atoms with Gasteiger partial charge in [-0.1, -0.05) is 30.3 Å². The molecule has 1 saturated heterocycles. The van der Waals surface area contributed by atoms with E-state index in [0.717, 1.165) is 44.0 Å². The summed E-state index contributed by atoms with van der Waals surface area (Å²) in [6.45, 7) is 9.15. The van der Waals surface area contributed by atoms with Crippen LogP contribution in [-0.4, -0.2) is 62.2 Å². The first kappa shape index (κ1) is 18.7. The highest BCUT2D eigenvalue weighted by molar-refractivity contribution is 5.47. The Morgan fingerprint density at radius 3 is 2.23 bits per heavy atom. The van der Waals surface area contributed by atoms with E-state index in [1.165, 1.54) is 18.7 Å². The molecule has 2 aromatic carbocycles. The molecule has 0 spiro atoms. The monoisotopic (exact) mass is 353 g/mol. The summed E-state index contributed by atoms with van der Waals surface area (Å²) in [4.78, 5) is 5.16. The van der Waals surface area contributed by atoms with Gasteiger partial charge in [0.05, 0.1) is 7.11 Å². The van der Waals surface area contributed by atoms with Crippen LogP contribution < -0.4 is 10.1 Å². The summed E-state index contributed by atoms with van der Waals surface area (Å²) in [7, 11) is 1.70. The Hall–Kier alpha value is -2.04. The first-order valence-corrected chi connectivity index (χ1v) is 9.62. The van der Waals surface area contributed by atoms with Crippen LogP contribution >= 0.6 is 0 Å². The third kappa shape index (κ3) is 5.75.